The quantitative estimate of drug-likeness (QED) is 0.0863. The standard InChI is InChI=1S/C23H29NO4.C22H27NO4/c1-28-23(27)14-7-2-3-8-17-24-20(12-9-13-22(24)26)15-16-21(25)18-19-10-5-4-6-11-19;24-20(17-18-9-4-3-5-10-18)15-14-19-11-8-12-21(25)23(19)16-7-2-1-6-13-22(26)27/h4-6,10-11,15-16,20-21,25H,2,7,9,12-14,17-18H2,1H3;3-5,9-10,14-15,19-20,24H,1,6,8,11-13,16-17H2,(H,26,27). The number of likely N-dealkylation sites (tertiary alicyclic amines) is 2. The molecule has 2 fully saturated rings. The van der Waals surface area contributed by atoms with Gasteiger partial charge in [-0.25, -0.2) is 0 Å². The van der Waals surface area contributed by atoms with E-state index in [1.54, 1.807) is 22.0 Å². The first-order valence-electron chi connectivity index (χ1n) is 19.3. The molecular formula is C45H56N2O8. The minimum Gasteiger partial charge on any atom is -0.481 e. The summed E-state index contributed by atoms with van der Waals surface area (Å²) < 4.78 is 4.60. The van der Waals surface area contributed by atoms with Crippen LogP contribution in [0.2, 0.25) is 0 Å². The molecule has 2 aliphatic heterocycles. The monoisotopic (exact) mass is 752 g/mol. The number of methoxy groups -OCH3 is 1. The van der Waals surface area contributed by atoms with Crippen LogP contribution in [0.15, 0.2) is 85.0 Å². The third-order valence-corrected chi connectivity index (χ3v) is 9.26. The molecule has 0 aliphatic carbocycles. The fraction of sp³-hybridized carbons (Fsp3) is 0.467. The summed E-state index contributed by atoms with van der Waals surface area (Å²) in [7, 11) is 1.38. The molecule has 2 amide bonds. The van der Waals surface area contributed by atoms with Crippen molar-refractivity contribution in [3.63, 3.8) is 0 Å². The molecular weight excluding hydrogens is 697 g/mol. The largest absolute Gasteiger partial charge is 0.481 e. The van der Waals surface area contributed by atoms with E-state index in [9.17, 15) is 29.4 Å². The number of hydrogen-bond donors (Lipinski definition) is 3. The Hall–Kier alpha value is -5.16. The molecule has 0 saturated carbocycles. The Morgan fingerprint density at radius 1 is 0.727 bits per heavy atom. The van der Waals surface area contributed by atoms with Gasteiger partial charge in [0.05, 0.1) is 44.5 Å². The van der Waals surface area contributed by atoms with Gasteiger partial charge in [0.2, 0.25) is 11.8 Å². The van der Waals surface area contributed by atoms with Crippen molar-refractivity contribution in [1.29, 1.82) is 0 Å². The van der Waals surface area contributed by atoms with E-state index in [-0.39, 0.29) is 36.3 Å². The number of ether oxygens (including phenoxy) is 1. The van der Waals surface area contributed by atoms with E-state index in [1.165, 1.54) is 7.11 Å². The van der Waals surface area contributed by atoms with Crippen LogP contribution < -0.4 is 0 Å². The average Bonchev–Trinajstić information content (AvgIpc) is 3.18. The summed E-state index contributed by atoms with van der Waals surface area (Å²) in [5, 5.41) is 29.1. The normalized spacial score (nSPS) is 18.0. The van der Waals surface area contributed by atoms with Crippen molar-refractivity contribution in [2.45, 2.75) is 114 Å². The number of nitrogens with zero attached hydrogens (tertiary/aromatic N) is 2. The van der Waals surface area contributed by atoms with Crippen molar-refractivity contribution in [2.24, 2.45) is 0 Å². The maximum atomic E-state index is 12.3. The van der Waals surface area contributed by atoms with Crippen molar-refractivity contribution < 1.29 is 39.2 Å². The zero-order valence-electron chi connectivity index (χ0n) is 32.0. The third kappa shape index (κ3) is 18.1. The summed E-state index contributed by atoms with van der Waals surface area (Å²) in [6, 6.07) is 19.6. The molecule has 10 nitrogen and oxygen atoms in total. The molecule has 4 atom stereocenters. The van der Waals surface area contributed by atoms with Gasteiger partial charge in [0.1, 0.15) is 0 Å². The Balaban J connectivity index is 0.000000296. The van der Waals surface area contributed by atoms with E-state index in [1.807, 2.05) is 72.8 Å². The number of benzene rings is 2. The van der Waals surface area contributed by atoms with Crippen LogP contribution in [0, 0.1) is 23.7 Å². The second kappa shape index (κ2) is 25.8. The van der Waals surface area contributed by atoms with E-state index in [0.717, 1.165) is 36.8 Å². The van der Waals surface area contributed by atoms with Crippen LogP contribution in [0.4, 0.5) is 0 Å². The summed E-state index contributed by atoms with van der Waals surface area (Å²) in [5.74, 6) is 11.1. The van der Waals surface area contributed by atoms with E-state index >= 15 is 0 Å². The van der Waals surface area contributed by atoms with Gasteiger partial charge in [-0.3, -0.25) is 19.2 Å². The molecule has 3 N–H and O–H groups in total. The zero-order valence-corrected chi connectivity index (χ0v) is 32.0. The molecule has 4 unspecified atom stereocenters. The number of aliphatic hydroxyl groups excluding tert-OH is 2. The van der Waals surface area contributed by atoms with Crippen LogP contribution in [0.1, 0.15) is 88.2 Å². The third-order valence-electron chi connectivity index (χ3n) is 9.26. The van der Waals surface area contributed by atoms with Gasteiger partial charge >= 0.3 is 11.9 Å². The number of piperidine rings is 2. The summed E-state index contributed by atoms with van der Waals surface area (Å²) >= 11 is 0. The Labute approximate surface area is 326 Å². The minimum absolute atomic E-state index is 0.0314. The maximum Gasteiger partial charge on any atom is 0.305 e. The summed E-state index contributed by atoms with van der Waals surface area (Å²) in [6.45, 7) is 0.719. The summed E-state index contributed by atoms with van der Waals surface area (Å²) in [5.41, 5.74) is 2.15. The van der Waals surface area contributed by atoms with Crippen molar-refractivity contribution in [3.05, 3.63) is 96.1 Å². The number of aliphatic hydroxyl groups is 2. The number of hydrogen-bond acceptors (Lipinski definition) is 7. The number of aliphatic carboxylic acids is 1. The fourth-order valence-corrected chi connectivity index (χ4v) is 6.28. The molecule has 2 heterocycles. The number of carboxylic acid groups (broad SMARTS) is 1. The maximum absolute atomic E-state index is 12.3. The van der Waals surface area contributed by atoms with Gasteiger partial charge in [-0.15, -0.1) is 11.8 Å². The van der Waals surface area contributed by atoms with Crippen molar-refractivity contribution >= 4 is 23.8 Å². The highest BCUT2D eigenvalue weighted by molar-refractivity contribution is 5.78. The molecule has 2 aliphatic rings. The number of carbonyl (C=O) groups excluding carboxylic acids is 3. The SMILES string of the molecule is COC(=O)CCCC#CCN1C(=O)CCCC1C=CC(O)Cc1ccccc1.O=C(O)CCCC#CCN1C(=O)CCCC1C=CC(O)Cc1ccccc1. The number of carboxylic acids is 1. The highest BCUT2D eigenvalue weighted by Crippen LogP contribution is 2.21. The molecule has 4 rings (SSSR count). The van der Waals surface area contributed by atoms with Gasteiger partial charge in [0.15, 0.2) is 0 Å². The van der Waals surface area contributed by atoms with Crippen molar-refractivity contribution in [3.8, 4) is 23.7 Å². The number of carbonyl (C=O) groups is 4. The van der Waals surface area contributed by atoms with Crippen LogP contribution >= 0.6 is 0 Å². The topological polar surface area (TPSA) is 145 Å². The van der Waals surface area contributed by atoms with E-state index < -0.39 is 18.2 Å². The molecule has 0 radical (unpaired) electrons. The van der Waals surface area contributed by atoms with Gasteiger partial charge in [-0.2, -0.15) is 0 Å². The average molecular weight is 753 g/mol. The molecule has 2 saturated heterocycles. The first-order chi connectivity index (χ1) is 26.7. The molecule has 0 spiro atoms. The van der Waals surface area contributed by atoms with Crippen LogP contribution in [0.3, 0.4) is 0 Å². The van der Waals surface area contributed by atoms with E-state index in [2.05, 4.69) is 28.4 Å². The van der Waals surface area contributed by atoms with Gasteiger partial charge in [0, 0.05) is 51.4 Å². The summed E-state index contributed by atoms with van der Waals surface area (Å²) in [6.07, 6.45) is 14.6. The minimum atomic E-state index is -0.817. The molecule has 2 aromatic carbocycles. The van der Waals surface area contributed by atoms with Crippen LogP contribution in [0.25, 0.3) is 0 Å². The molecule has 55 heavy (non-hydrogen) atoms. The Kier molecular flexibility index (Phi) is 20.7. The lowest BCUT2D eigenvalue weighted by Gasteiger charge is -2.32. The van der Waals surface area contributed by atoms with Gasteiger partial charge < -0.3 is 29.9 Å². The molecule has 0 aromatic heterocycles. The number of unbranched alkanes of at least 4 members (excludes halogenated alkanes) is 2. The van der Waals surface area contributed by atoms with Crippen LogP contribution in [0.5, 0.6) is 0 Å². The predicted molar refractivity (Wildman–Crippen MR) is 212 cm³/mol. The lowest BCUT2D eigenvalue weighted by molar-refractivity contribution is -0.141. The first kappa shape index (κ1) is 44.2. The van der Waals surface area contributed by atoms with Crippen LogP contribution in [-0.2, 0) is 36.8 Å². The van der Waals surface area contributed by atoms with Gasteiger partial charge in [-0.1, -0.05) is 96.8 Å². The van der Waals surface area contributed by atoms with E-state index in [4.69, 9.17) is 5.11 Å². The lowest BCUT2D eigenvalue weighted by atomic mass is 9.99. The Bertz CT molecular complexity index is 1670. The number of rotatable bonds is 16. The number of amides is 2. The van der Waals surface area contributed by atoms with E-state index in [0.29, 0.717) is 70.9 Å². The van der Waals surface area contributed by atoms with Gasteiger partial charge in [0.25, 0.3) is 0 Å². The smallest absolute Gasteiger partial charge is 0.305 e. The highest BCUT2D eigenvalue weighted by atomic mass is 16.5. The van der Waals surface area contributed by atoms with Crippen molar-refractivity contribution in [2.75, 3.05) is 20.2 Å². The fourth-order valence-electron chi connectivity index (χ4n) is 6.28. The molecule has 0 bridgehead atoms. The summed E-state index contributed by atoms with van der Waals surface area (Å²) in [4.78, 5) is 49.6. The Morgan fingerprint density at radius 2 is 1.16 bits per heavy atom. The molecule has 294 valence electrons. The Morgan fingerprint density at radius 3 is 1.58 bits per heavy atom. The molecule has 10 heteroatoms. The van der Waals surface area contributed by atoms with Gasteiger partial charge in [-0.05, 0) is 49.7 Å². The van der Waals surface area contributed by atoms with Crippen molar-refractivity contribution in [1.82, 2.24) is 9.80 Å². The zero-order chi connectivity index (χ0) is 39.7. The predicted octanol–water partition coefficient (Wildman–Crippen LogP) is 5.66. The second-order valence-electron chi connectivity index (χ2n) is 13.6. The first-order valence-corrected chi connectivity index (χ1v) is 19.3. The van der Waals surface area contributed by atoms with Crippen LogP contribution in [-0.4, -0.2) is 93.4 Å². The number of esters is 1. The molecule has 2 aromatic rings. The lowest BCUT2D eigenvalue weighted by Crippen LogP contribution is -2.42. The highest BCUT2D eigenvalue weighted by Gasteiger charge is 2.26. The second-order valence-corrected chi connectivity index (χ2v) is 13.6.